The first-order chi connectivity index (χ1) is 10.1. The molecule has 0 bridgehead atoms. The number of hydrogen-bond acceptors (Lipinski definition) is 3. The van der Waals surface area contributed by atoms with E-state index in [2.05, 4.69) is 32.7 Å². The molecule has 3 rings (SSSR count). The summed E-state index contributed by atoms with van der Waals surface area (Å²) in [6, 6.07) is 8.22. The lowest BCUT2D eigenvalue weighted by molar-refractivity contribution is -0.130. The van der Waals surface area contributed by atoms with E-state index in [-0.39, 0.29) is 5.91 Å². The molecule has 5 heteroatoms. The van der Waals surface area contributed by atoms with Gasteiger partial charge in [0.1, 0.15) is 0 Å². The van der Waals surface area contributed by atoms with Gasteiger partial charge in [-0.05, 0) is 64.0 Å². The van der Waals surface area contributed by atoms with Crippen molar-refractivity contribution in [3.05, 3.63) is 50.1 Å². The monoisotopic (exact) mass is 364 g/mol. The van der Waals surface area contributed by atoms with Gasteiger partial charge < -0.3 is 10.2 Å². The highest BCUT2D eigenvalue weighted by Gasteiger charge is 2.21. The maximum atomic E-state index is 12.4. The average Bonchev–Trinajstić information content (AvgIpc) is 2.95. The third-order valence-electron chi connectivity index (χ3n) is 3.71. The Morgan fingerprint density at radius 2 is 2.29 bits per heavy atom. The van der Waals surface area contributed by atoms with Gasteiger partial charge in [0.05, 0.1) is 6.54 Å². The number of nitrogens with zero attached hydrogens (tertiary/aromatic N) is 1. The second-order valence-electron chi connectivity index (χ2n) is 5.27. The molecule has 2 aromatic rings. The Morgan fingerprint density at radius 3 is 3.14 bits per heavy atom. The van der Waals surface area contributed by atoms with Crippen LogP contribution in [0.2, 0.25) is 0 Å². The predicted molar refractivity (Wildman–Crippen MR) is 90.8 cm³/mol. The number of anilines is 1. The quantitative estimate of drug-likeness (QED) is 0.897. The maximum Gasteiger partial charge on any atom is 0.242 e. The van der Waals surface area contributed by atoms with E-state index in [0.717, 1.165) is 29.7 Å². The summed E-state index contributed by atoms with van der Waals surface area (Å²) in [4.78, 5) is 15.7. The number of halogens is 1. The van der Waals surface area contributed by atoms with Crippen molar-refractivity contribution in [1.82, 2.24) is 4.90 Å². The van der Waals surface area contributed by atoms with Crippen molar-refractivity contribution in [3.63, 3.8) is 0 Å². The van der Waals surface area contributed by atoms with Crippen molar-refractivity contribution in [1.29, 1.82) is 0 Å². The van der Waals surface area contributed by atoms with Crippen LogP contribution in [0.5, 0.6) is 0 Å². The lowest BCUT2D eigenvalue weighted by Gasteiger charge is -2.27. The minimum atomic E-state index is 0.153. The molecule has 1 aromatic carbocycles. The molecule has 1 amide bonds. The molecule has 1 aliphatic rings. The van der Waals surface area contributed by atoms with Gasteiger partial charge in [0.15, 0.2) is 0 Å². The number of fused-ring (bicyclic) bond motifs is 1. The highest BCUT2D eigenvalue weighted by Crippen LogP contribution is 2.25. The molecule has 0 saturated heterocycles. The normalized spacial score (nSPS) is 13.9. The van der Waals surface area contributed by atoms with Crippen LogP contribution in [0, 0.1) is 6.92 Å². The Kier molecular flexibility index (Phi) is 4.31. The first-order valence-corrected chi connectivity index (χ1v) is 8.64. The maximum absolute atomic E-state index is 12.4. The fourth-order valence-electron chi connectivity index (χ4n) is 2.52. The van der Waals surface area contributed by atoms with Crippen LogP contribution in [0.15, 0.2) is 34.1 Å². The van der Waals surface area contributed by atoms with Crippen molar-refractivity contribution in [2.24, 2.45) is 0 Å². The van der Waals surface area contributed by atoms with Gasteiger partial charge in [0.25, 0.3) is 0 Å². The number of hydrogen-bond donors (Lipinski definition) is 1. The summed E-state index contributed by atoms with van der Waals surface area (Å²) in [5.74, 6) is 0.153. The van der Waals surface area contributed by atoms with Crippen LogP contribution in [-0.2, 0) is 17.8 Å². The molecule has 21 heavy (non-hydrogen) atoms. The number of amides is 1. The Morgan fingerprint density at radius 1 is 1.43 bits per heavy atom. The number of rotatable bonds is 3. The van der Waals surface area contributed by atoms with E-state index in [1.165, 1.54) is 16.0 Å². The minimum Gasteiger partial charge on any atom is -0.375 e. The van der Waals surface area contributed by atoms with Gasteiger partial charge in [-0.3, -0.25) is 4.79 Å². The molecule has 0 radical (unpaired) electrons. The summed E-state index contributed by atoms with van der Waals surface area (Å²) in [6.45, 7) is 3.95. The molecular formula is C16H17BrN2OS. The number of aryl methyl sites for hydroxylation is 1. The van der Waals surface area contributed by atoms with E-state index < -0.39 is 0 Å². The van der Waals surface area contributed by atoms with E-state index in [0.29, 0.717) is 6.54 Å². The number of carbonyl (C=O) groups is 1. The van der Waals surface area contributed by atoms with Crippen LogP contribution in [0.4, 0.5) is 5.69 Å². The second kappa shape index (κ2) is 6.20. The van der Waals surface area contributed by atoms with Gasteiger partial charge >= 0.3 is 0 Å². The molecule has 3 nitrogen and oxygen atoms in total. The van der Waals surface area contributed by atoms with E-state index in [1.807, 2.05) is 30.0 Å². The first-order valence-electron chi connectivity index (χ1n) is 6.96. The highest BCUT2D eigenvalue weighted by atomic mass is 79.9. The highest BCUT2D eigenvalue weighted by molar-refractivity contribution is 9.10. The molecule has 0 spiro atoms. The van der Waals surface area contributed by atoms with Gasteiger partial charge in [-0.2, -0.15) is 0 Å². The zero-order valence-corrected chi connectivity index (χ0v) is 14.3. The summed E-state index contributed by atoms with van der Waals surface area (Å²) >= 11 is 5.30. The number of carbonyl (C=O) groups excluding carboxylic acids is 1. The summed E-state index contributed by atoms with van der Waals surface area (Å²) in [7, 11) is 0. The third-order valence-corrected chi connectivity index (χ3v) is 5.43. The molecule has 2 heterocycles. The van der Waals surface area contributed by atoms with Crippen molar-refractivity contribution >= 4 is 38.9 Å². The Bertz CT molecular complexity index is 668. The Hall–Kier alpha value is -1.33. The van der Waals surface area contributed by atoms with Crippen molar-refractivity contribution in [2.45, 2.75) is 19.9 Å². The average molecular weight is 365 g/mol. The van der Waals surface area contributed by atoms with Gasteiger partial charge in [-0.25, -0.2) is 0 Å². The van der Waals surface area contributed by atoms with Crippen molar-refractivity contribution in [3.8, 4) is 0 Å². The minimum absolute atomic E-state index is 0.153. The van der Waals surface area contributed by atoms with Gasteiger partial charge in [0, 0.05) is 28.1 Å². The molecule has 1 aromatic heterocycles. The summed E-state index contributed by atoms with van der Waals surface area (Å²) in [5, 5.41) is 5.35. The lowest BCUT2D eigenvalue weighted by Crippen LogP contribution is -2.38. The van der Waals surface area contributed by atoms with Crippen molar-refractivity contribution < 1.29 is 4.79 Å². The van der Waals surface area contributed by atoms with Crippen LogP contribution < -0.4 is 5.32 Å². The number of nitrogens with one attached hydrogen (secondary N) is 1. The molecule has 0 unspecified atom stereocenters. The van der Waals surface area contributed by atoms with Crippen LogP contribution >= 0.6 is 27.3 Å². The molecule has 110 valence electrons. The summed E-state index contributed by atoms with van der Waals surface area (Å²) in [5.41, 5.74) is 3.45. The summed E-state index contributed by atoms with van der Waals surface area (Å²) in [6.07, 6.45) is 0.979. The molecule has 1 aliphatic heterocycles. The predicted octanol–water partition coefficient (Wildman–Crippen LogP) is 3.82. The van der Waals surface area contributed by atoms with E-state index in [4.69, 9.17) is 0 Å². The zero-order chi connectivity index (χ0) is 14.8. The van der Waals surface area contributed by atoms with Gasteiger partial charge in [0.2, 0.25) is 5.91 Å². The second-order valence-corrected chi connectivity index (χ2v) is 7.13. The van der Waals surface area contributed by atoms with Crippen LogP contribution in [0.25, 0.3) is 0 Å². The SMILES string of the molecule is Cc1ccc(Br)c(NCC(=O)N2CCc3sccc3C2)c1. The fourth-order valence-corrected chi connectivity index (χ4v) is 3.80. The Balaban J connectivity index is 1.61. The largest absolute Gasteiger partial charge is 0.375 e. The number of thiophene rings is 1. The van der Waals surface area contributed by atoms with Crippen LogP contribution in [0.1, 0.15) is 16.0 Å². The summed E-state index contributed by atoms with van der Waals surface area (Å²) < 4.78 is 0.986. The fraction of sp³-hybridized carbons (Fsp3) is 0.312. The first kappa shape index (κ1) is 14.6. The van der Waals surface area contributed by atoms with Crippen molar-refractivity contribution in [2.75, 3.05) is 18.4 Å². The van der Waals surface area contributed by atoms with E-state index >= 15 is 0 Å². The van der Waals surface area contributed by atoms with Gasteiger partial charge in [-0.15, -0.1) is 11.3 Å². The van der Waals surface area contributed by atoms with Crippen LogP contribution in [0.3, 0.4) is 0 Å². The smallest absolute Gasteiger partial charge is 0.242 e. The van der Waals surface area contributed by atoms with E-state index in [1.54, 1.807) is 11.3 Å². The molecule has 1 N–H and O–H groups in total. The molecule has 0 aliphatic carbocycles. The van der Waals surface area contributed by atoms with E-state index in [9.17, 15) is 4.79 Å². The Labute approximate surface area is 137 Å². The lowest BCUT2D eigenvalue weighted by atomic mass is 10.1. The number of benzene rings is 1. The molecule has 0 fully saturated rings. The zero-order valence-electron chi connectivity index (χ0n) is 11.9. The molecule has 0 atom stereocenters. The standard InChI is InChI=1S/C16H17BrN2OS/c1-11-2-3-13(17)14(8-11)18-9-16(20)19-6-4-15-12(10-19)5-7-21-15/h2-3,5,7-8,18H,4,6,9-10H2,1H3. The topological polar surface area (TPSA) is 32.3 Å². The van der Waals surface area contributed by atoms with Crippen LogP contribution in [-0.4, -0.2) is 23.9 Å². The van der Waals surface area contributed by atoms with Gasteiger partial charge in [-0.1, -0.05) is 6.07 Å². The molecule has 0 saturated carbocycles. The third kappa shape index (κ3) is 3.30. The molecular weight excluding hydrogens is 348 g/mol.